The molecule has 0 rings (SSSR count). The van der Waals surface area contributed by atoms with Gasteiger partial charge in [-0.3, -0.25) is 0 Å². The van der Waals surface area contributed by atoms with Gasteiger partial charge < -0.3 is 4.74 Å². The van der Waals surface area contributed by atoms with Crippen molar-refractivity contribution < 1.29 is 4.74 Å². The van der Waals surface area contributed by atoms with E-state index in [4.69, 9.17) is 4.74 Å². The fraction of sp³-hybridized carbons (Fsp3) is 1.00. The summed E-state index contributed by atoms with van der Waals surface area (Å²) in [6, 6.07) is 0. The molecule has 0 amide bonds. The molecule has 1 nitrogen and oxygen atoms in total. The molecule has 0 saturated carbocycles. The van der Waals surface area contributed by atoms with Crippen LogP contribution in [0.15, 0.2) is 0 Å². The van der Waals surface area contributed by atoms with E-state index in [1.807, 2.05) is 7.11 Å². The van der Waals surface area contributed by atoms with Crippen LogP contribution in [0.25, 0.3) is 0 Å². The molecule has 0 aromatic heterocycles. The highest BCUT2D eigenvalue weighted by molar-refractivity contribution is 4.67. The Labute approximate surface area is 167 Å². The van der Waals surface area contributed by atoms with Crippen LogP contribution in [0.2, 0.25) is 0 Å². The van der Waals surface area contributed by atoms with E-state index in [1.54, 1.807) is 0 Å². The van der Waals surface area contributed by atoms with Crippen LogP contribution in [0, 0.1) is 0 Å². The zero-order valence-electron chi connectivity index (χ0n) is 19.1. The molecule has 0 aliphatic heterocycles. The van der Waals surface area contributed by atoms with Crippen LogP contribution in [0.3, 0.4) is 0 Å². The number of methoxy groups -OCH3 is 1. The number of rotatable bonds is 21. The van der Waals surface area contributed by atoms with Crippen LogP contribution in [0.5, 0.6) is 0 Å². The molecule has 0 saturated heterocycles. The predicted octanol–water partition coefficient (Wildman–Crippen LogP) is 9.23. The number of hydrogen-bond donors (Lipinski definition) is 0. The molecular weight excluding hydrogens is 317 g/mol. The van der Waals surface area contributed by atoms with Gasteiger partial charge in [-0.15, -0.1) is 0 Å². The van der Waals surface area contributed by atoms with Crippen molar-refractivity contribution in [3.05, 3.63) is 0 Å². The van der Waals surface area contributed by atoms with Crippen molar-refractivity contribution in [3.63, 3.8) is 0 Å². The van der Waals surface area contributed by atoms with Crippen LogP contribution in [0.4, 0.5) is 0 Å². The lowest BCUT2D eigenvalue weighted by Crippen LogP contribution is -2.21. The minimum absolute atomic E-state index is 0.0780. The second-order valence-corrected chi connectivity index (χ2v) is 9.08. The third-order valence-corrected chi connectivity index (χ3v) is 5.93. The zero-order valence-corrected chi connectivity index (χ0v) is 19.1. The van der Waals surface area contributed by atoms with Crippen molar-refractivity contribution in [1.29, 1.82) is 0 Å². The van der Waals surface area contributed by atoms with E-state index >= 15 is 0 Å². The van der Waals surface area contributed by atoms with Gasteiger partial charge in [0.05, 0.1) is 5.60 Å². The Kier molecular flexibility index (Phi) is 19.7. The summed E-state index contributed by atoms with van der Waals surface area (Å²) in [7, 11) is 1.83. The maximum Gasteiger partial charge on any atom is 0.0622 e. The average molecular weight is 370 g/mol. The first-order valence-electron chi connectivity index (χ1n) is 12.2. The molecule has 26 heavy (non-hydrogen) atoms. The van der Waals surface area contributed by atoms with E-state index in [0.29, 0.717) is 0 Å². The first-order valence-corrected chi connectivity index (χ1v) is 12.2. The molecular formula is C25H52O. The lowest BCUT2D eigenvalue weighted by atomic mass is 9.99. The predicted molar refractivity (Wildman–Crippen MR) is 119 cm³/mol. The van der Waals surface area contributed by atoms with Crippen molar-refractivity contribution in [2.24, 2.45) is 0 Å². The Morgan fingerprint density at radius 1 is 0.462 bits per heavy atom. The Balaban J connectivity index is 3.05. The van der Waals surface area contributed by atoms with Crippen molar-refractivity contribution in [2.75, 3.05) is 7.11 Å². The largest absolute Gasteiger partial charge is 0.379 e. The fourth-order valence-electron chi connectivity index (χ4n) is 3.73. The van der Waals surface area contributed by atoms with Gasteiger partial charge in [-0.2, -0.15) is 0 Å². The van der Waals surface area contributed by atoms with Crippen molar-refractivity contribution in [2.45, 2.75) is 155 Å². The first-order chi connectivity index (χ1) is 12.6. The summed E-state index contributed by atoms with van der Waals surface area (Å²) >= 11 is 0. The third-order valence-electron chi connectivity index (χ3n) is 5.93. The van der Waals surface area contributed by atoms with E-state index in [1.165, 1.54) is 128 Å². The molecule has 0 unspecified atom stereocenters. The van der Waals surface area contributed by atoms with Crippen molar-refractivity contribution in [1.82, 2.24) is 0 Å². The first kappa shape index (κ1) is 26.0. The van der Waals surface area contributed by atoms with Gasteiger partial charge in [0.1, 0.15) is 0 Å². The Morgan fingerprint density at radius 2 is 0.731 bits per heavy atom. The molecule has 0 aromatic carbocycles. The molecule has 0 bridgehead atoms. The number of ether oxygens (including phenoxy) is 1. The highest BCUT2D eigenvalue weighted by atomic mass is 16.5. The monoisotopic (exact) mass is 369 g/mol. The van der Waals surface area contributed by atoms with Gasteiger partial charge in [0.15, 0.2) is 0 Å². The summed E-state index contributed by atoms with van der Waals surface area (Å²) < 4.78 is 5.47. The average Bonchev–Trinajstić information content (AvgIpc) is 2.63. The molecule has 0 aliphatic rings. The quantitative estimate of drug-likeness (QED) is 0.145. The summed E-state index contributed by atoms with van der Waals surface area (Å²) in [6.07, 6.45) is 28.7. The smallest absolute Gasteiger partial charge is 0.0622 e. The lowest BCUT2D eigenvalue weighted by Gasteiger charge is -2.22. The maximum absolute atomic E-state index is 5.47. The molecule has 0 heterocycles. The second-order valence-electron chi connectivity index (χ2n) is 9.08. The van der Waals surface area contributed by atoms with Crippen LogP contribution in [-0.4, -0.2) is 12.7 Å². The van der Waals surface area contributed by atoms with Gasteiger partial charge in [-0.05, 0) is 20.3 Å². The minimum atomic E-state index is 0.0780. The van der Waals surface area contributed by atoms with Gasteiger partial charge in [0.25, 0.3) is 0 Å². The van der Waals surface area contributed by atoms with Crippen molar-refractivity contribution in [3.8, 4) is 0 Å². The van der Waals surface area contributed by atoms with Gasteiger partial charge in [0, 0.05) is 7.11 Å². The SMILES string of the molecule is CCCCCCCCCCCCCCCCCCCCCC(C)(C)O[13CH3]. The van der Waals surface area contributed by atoms with Gasteiger partial charge >= 0.3 is 0 Å². The zero-order chi connectivity index (χ0) is 19.3. The highest BCUT2D eigenvalue weighted by Gasteiger charge is 2.14. The number of unbranched alkanes of at least 4 members (excludes halogenated alkanes) is 18. The fourth-order valence-corrected chi connectivity index (χ4v) is 3.73. The molecule has 0 aliphatic carbocycles. The topological polar surface area (TPSA) is 9.23 Å². The summed E-state index contributed by atoms with van der Waals surface area (Å²) in [4.78, 5) is 0. The summed E-state index contributed by atoms with van der Waals surface area (Å²) in [5.74, 6) is 0. The third kappa shape index (κ3) is 20.3. The van der Waals surface area contributed by atoms with Crippen LogP contribution >= 0.6 is 0 Å². The molecule has 0 radical (unpaired) electrons. The van der Waals surface area contributed by atoms with E-state index in [9.17, 15) is 0 Å². The summed E-state index contributed by atoms with van der Waals surface area (Å²) in [5.41, 5.74) is 0.0780. The molecule has 0 fully saturated rings. The Bertz CT molecular complexity index is 259. The molecule has 158 valence electrons. The molecule has 0 atom stereocenters. The van der Waals surface area contributed by atoms with Gasteiger partial charge in [-0.25, -0.2) is 0 Å². The van der Waals surface area contributed by atoms with E-state index in [2.05, 4.69) is 20.8 Å². The van der Waals surface area contributed by atoms with Crippen molar-refractivity contribution >= 4 is 0 Å². The molecule has 0 N–H and O–H groups in total. The minimum Gasteiger partial charge on any atom is -0.379 e. The summed E-state index contributed by atoms with van der Waals surface area (Å²) in [6.45, 7) is 6.69. The van der Waals surface area contributed by atoms with Gasteiger partial charge in [-0.1, -0.05) is 129 Å². The van der Waals surface area contributed by atoms with E-state index < -0.39 is 0 Å². The van der Waals surface area contributed by atoms with Gasteiger partial charge in [0.2, 0.25) is 0 Å². The number of hydrogen-bond acceptors (Lipinski definition) is 1. The Hall–Kier alpha value is -0.0400. The molecule has 1 heteroatoms. The van der Waals surface area contributed by atoms with E-state index in [-0.39, 0.29) is 5.60 Å². The maximum atomic E-state index is 5.47. The molecule has 0 spiro atoms. The van der Waals surface area contributed by atoms with Crippen LogP contribution in [-0.2, 0) is 4.74 Å². The molecule has 0 aromatic rings. The van der Waals surface area contributed by atoms with Crippen LogP contribution in [0.1, 0.15) is 149 Å². The second kappa shape index (κ2) is 19.7. The van der Waals surface area contributed by atoms with E-state index in [0.717, 1.165) is 0 Å². The Morgan fingerprint density at radius 3 is 1.00 bits per heavy atom. The van der Waals surface area contributed by atoms with Crippen LogP contribution < -0.4 is 0 Å². The standard InChI is InChI=1S/C25H52O/c1-5-6-7-8-9-10-11-12-13-14-15-16-17-18-19-20-21-22-23-24-25(2,3)26-4/h5-24H2,1-4H3/i4+1. The summed E-state index contributed by atoms with van der Waals surface area (Å²) in [5, 5.41) is 0. The lowest BCUT2D eigenvalue weighted by molar-refractivity contribution is 0.0134. The normalized spacial score (nSPS) is 12.0. The highest BCUT2D eigenvalue weighted by Crippen LogP contribution is 2.19.